The molecule has 1 atom stereocenters. The Bertz CT molecular complexity index is 1740. The van der Waals surface area contributed by atoms with E-state index in [1.807, 2.05) is 6.08 Å². The summed E-state index contributed by atoms with van der Waals surface area (Å²) in [5.74, 6) is -1.14. The molecule has 0 aromatic carbocycles. The lowest BCUT2D eigenvalue weighted by atomic mass is 10.1. The maximum atomic E-state index is 12.9. The summed E-state index contributed by atoms with van der Waals surface area (Å²) in [5.41, 5.74) is 0. The third kappa shape index (κ3) is 61.8. The van der Waals surface area contributed by atoms with Crippen molar-refractivity contribution < 1.29 is 28.6 Å². The van der Waals surface area contributed by atoms with Crippen molar-refractivity contribution in [1.82, 2.24) is 0 Å². The summed E-state index contributed by atoms with van der Waals surface area (Å²) in [7, 11) is 0. The van der Waals surface area contributed by atoms with Crippen LogP contribution in [0.2, 0.25) is 0 Å². The molecule has 0 N–H and O–H groups in total. The predicted molar refractivity (Wildman–Crippen MR) is 334 cm³/mol. The van der Waals surface area contributed by atoms with E-state index in [0.717, 1.165) is 103 Å². The van der Waals surface area contributed by atoms with E-state index >= 15 is 0 Å². The smallest absolute Gasteiger partial charge is 0.309 e. The molecule has 0 spiro atoms. The Morgan fingerprint density at radius 2 is 0.571 bits per heavy atom. The van der Waals surface area contributed by atoms with Crippen LogP contribution in [0.25, 0.3) is 0 Å². The first kappa shape index (κ1) is 72.0. The lowest BCUT2D eigenvalue weighted by molar-refractivity contribution is -0.166. The highest BCUT2D eigenvalue weighted by Crippen LogP contribution is 2.14. The number of carbonyl (C=O) groups is 3. The molecule has 0 aromatic heterocycles. The summed E-state index contributed by atoms with van der Waals surface area (Å²) < 4.78 is 16.7. The molecule has 0 heterocycles. The molecular weight excluding hydrogens is 949 g/mol. The Hall–Kier alpha value is -4.97. The van der Waals surface area contributed by atoms with Crippen molar-refractivity contribution in [3.8, 4) is 0 Å². The van der Waals surface area contributed by atoms with Gasteiger partial charge < -0.3 is 14.2 Å². The number of ether oxygens (including phenoxy) is 3. The second-order valence-corrected chi connectivity index (χ2v) is 19.9. The van der Waals surface area contributed by atoms with Crippen LogP contribution in [0.4, 0.5) is 0 Å². The van der Waals surface area contributed by atoms with Crippen molar-refractivity contribution in [2.75, 3.05) is 13.2 Å². The molecule has 6 nitrogen and oxygen atoms in total. The zero-order valence-corrected chi connectivity index (χ0v) is 49.4. The monoisotopic (exact) mass is 1060 g/mol. The van der Waals surface area contributed by atoms with Gasteiger partial charge >= 0.3 is 17.9 Å². The lowest BCUT2D eigenvalue weighted by Crippen LogP contribution is -2.30. The van der Waals surface area contributed by atoms with Crippen LogP contribution in [0.1, 0.15) is 252 Å². The molecule has 0 rings (SSSR count). The summed E-state index contributed by atoms with van der Waals surface area (Å²) in [6.07, 6.45) is 92.8. The molecule has 0 radical (unpaired) electrons. The van der Waals surface area contributed by atoms with Gasteiger partial charge in [-0.15, -0.1) is 0 Å². The maximum absolute atomic E-state index is 12.9. The molecule has 6 heteroatoms. The Morgan fingerprint density at radius 3 is 0.961 bits per heavy atom. The van der Waals surface area contributed by atoms with Gasteiger partial charge in [-0.3, -0.25) is 14.4 Å². The number of esters is 3. The van der Waals surface area contributed by atoms with Gasteiger partial charge in [0.05, 0.1) is 6.42 Å². The third-order valence-electron chi connectivity index (χ3n) is 12.5. The van der Waals surface area contributed by atoms with Crippen LogP contribution in [0, 0.1) is 0 Å². The van der Waals surface area contributed by atoms with Gasteiger partial charge in [-0.05, 0) is 122 Å². The molecule has 0 aromatic rings. The molecule has 0 aliphatic rings. The summed E-state index contributed by atoms with van der Waals surface area (Å²) in [5, 5.41) is 0. The van der Waals surface area contributed by atoms with Crippen molar-refractivity contribution in [1.29, 1.82) is 0 Å². The minimum absolute atomic E-state index is 0.109. The first-order valence-electron chi connectivity index (χ1n) is 31.0. The van der Waals surface area contributed by atoms with E-state index in [9.17, 15) is 14.4 Å². The number of hydrogen-bond donors (Lipinski definition) is 0. The summed E-state index contributed by atoms with van der Waals surface area (Å²) in [4.78, 5) is 38.2. The van der Waals surface area contributed by atoms with Crippen LogP contribution < -0.4 is 0 Å². The fourth-order valence-electron chi connectivity index (χ4n) is 7.97. The minimum atomic E-state index is -0.851. The van der Waals surface area contributed by atoms with Crippen molar-refractivity contribution in [3.63, 3.8) is 0 Å². The Balaban J connectivity index is 4.57. The van der Waals surface area contributed by atoms with Gasteiger partial charge in [0, 0.05) is 12.8 Å². The average molecular weight is 1060 g/mol. The largest absolute Gasteiger partial charge is 0.462 e. The van der Waals surface area contributed by atoms with E-state index in [0.29, 0.717) is 6.42 Å². The van der Waals surface area contributed by atoms with Crippen LogP contribution in [-0.2, 0) is 28.6 Å². The molecule has 0 fully saturated rings. The van der Waals surface area contributed by atoms with Crippen LogP contribution >= 0.6 is 0 Å². The lowest BCUT2D eigenvalue weighted by Gasteiger charge is -2.18. The maximum Gasteiger partial charge on any atom is 0.309 e. The second-order valence-electron chi connectivity index (χ2n) is 19.9. The molecule has 0 saturated heterocycles. The van der Waals surface area contributed by atoms with E-state index in [-0.39, 0.29) is 44.4 Å². The van der Waals surface area contributed by atoms with Gasteiger partial charge in [0.1, 0.15) is 13.2 Å². The van der Waals surface area contributed by atoms with E-state index in [1.54, 1.807) is 6.08 Å². The summed E-state index contributed by atoms with van der Waals surface area (Å²) >= 11 is 0. The molecule has 432 valence electrons. The number of rotatable bonds is 54. The normalized spacial score (nSPS) is 13.2. The molecular formula is C71H112O6. The van der Waals surface area contributed by atoms with Crippen molar-refractivity contribution >= 4 is 17.9 Å². The van der Waals surface area contributed by atoms with E-state index < -0.39 is 12.1 Å². The van der Waals surface area contributed by atoms with Crippen LogP contribution in [0.5, 0.6) is 0 Å². The molecule has 77 heavy (non-hydrogen) atoms. The zero-order chi connectivity index (χ0) is 55.7. The number of carbonyl (C=O) groups excluding carboxylic acids is 3. The Labute approximate surface area is 473 Å². The number of hydrogen-bond acceptors (Lipinski definition) is 6. The third-order valence-corrected chi connectivity index (χ3v) is 12.5. The quantitative estimate of drug-likeness (QED) is 0.0261. The molecule has 0 bridgehead atoms. The highest BCUT2D eigenvalue weighted by molar-refractivity contribution is 5.72. The second kappa shape index (κ2) is 63.6. The highest BCUT2D eigenvalue weighted by Gasteiger charge is 2.19. The molecule has 0 aliphatic carbocycles. The Morgan fingerprint density at radius 1 is 0.286 bits per heavy atom. The van der Waals surface area contributed by atoms with Crippen molar-refractivity contribution in [2.45, 2.75) is 258 Å². The topological polar surface area (TPSA) is 78.9 Å². The van der Waals surface area contributed by atoms with E-state index in [2.05, 4.69) is 167 Å². The minimum Gasteiger partial charge on any atom is -0.462 e. The van der Waals surface area contributed by atoms with Gasteiger partial charge in [0.2, 0.25) is 0 Å². The molecule has 0 aliphatic heterocycles. The summed E-state index contributed by atoms with van der Waals surface area (Å²) in [6, 6.07) is 0. The van der Waals surface area contributed by atoms with Crippen LogP contribution in [-0.4, -0.2) is 37.2 Å². The predicted octanol–water partition coefficient (Wildman–Crippen LogP) is 21.3. The van der Waals surface area contributed by atoms with Crippen LogP contribution in [0.3, 0.4) is 0 Å². The first-order valence-corrected chi connectivity index (χ1v) is 31.0. The van der Waals surface area contributed by atoms with Gasteiger partial charge in [-0.1, -0.05) is 269 Å². The SMILES string of the molecule is CC/C=C\C/C=C\C/C=C\C/C=C\C/C=C\C/C=C\C/C=C\CCCC(=O)OCC(COC(=O)C/C=C\C/C=C\C/C=C\C/C=C\C/C=C\CC)OC(=O)CCCCCCCCCCC/C=C\CCCCCCCCCC. The number of allylic oxidation sites excluding steroid dienone is 25. The standard InChI is InChI=1S/C71H112O6/c1-4-7-10-13-16-19-22-25-28-30-32-34-35-37-38-40-43-46-49-52-55-58-61-64-70(73)76-67-68(66-75-69(72)63-60-57-54-51-48-45-42-27-24-21-18-15-12-9-6-3)77-71(74)65-62-59-56-53-50-47-44-41-39-36-33-31-29-26-23-20-17-14-11-8-5-2/h7,9-10,12,16,18-19,21,25,27-28,31-34,37-38,42-43,46,48,51-52,55,57,60,68H,4-6,8,11,13-15,17,20,22-24,26,29-30,35-36,39-41,44-45,47,49-50,53-54,56,58-59,61-67H2,1-3H3/b10-7-,12-9-,19-16-,21-18-,28-25-,33-31-,34-32-,38-37-,42-27-,46-43-,51-48-,55-52-,60-57-. The van der Waals surface area contributed by atoms with Crippen molar-refractivity contribution in [2.24, 2.45) is 0 Å². The molecule has 0 amide bonds. The highest BCUT2D eigenvalue weighted by atomic mass is 16.6. The fourth-order valence-corrected chi connectivity index (χ4v) is 7.97. The van der Waals surface area contributed by atoms with E-state index in [4.69, 9.17) is 14.2 Å². The molecule has 0 saturated carbocycles. The van der Waals surface area contributed by atoms with Gasteiger partial charge in [0.15, 0.2) is 6.10 Å². The zero-order valence-electron chi connectivity index (χ0n) is 49.4. The fraction of sp³-hybridized carbons (Fsp3) is 0.592. The van der Waals surface area contributed by atoms with Gasteiger partial charge in [-0.2, -0.15) is 0 Å². The number of unbranched alkanes of at least 4 members (excludes halogenated alkanes) is 18. The summed E-state index contributed by atoms with van der Waals surface area (Å²) in [6.45, 7) is 6.27. The first-order chi connectivity index (χ1) is 38.0. The molecule has 1 unspecified atom stereocenters. The van der Waals surface area contributed by atoms with E-state index in [1.165, 1.54) is 103 Å². The average Bonchev–Trinajstić information content (AvgIpc) is 3.43. The Kier molecular flexibility index (Phi) is 59.5. The van der Waals surface area contributed by atoms with Crippen molar-refractivity contribution in [3.05, 3.63) is 158 Å². The van der Waals surface area contributed by atoms with Gasteiger partial charge in [0.25, 0.3) is 0 Å². The van der Waals surface area contributed by atoms with Gasteiger partial charge in [-0.25, -0.2) is 0 Å². The van der Waals surface area contributed by atoms with Crippen LogP contribution in [0.15, 0.2) is 158 Å².